The van der Waals surface area contributed by atoms with Crippen molar-refractivity contribution in [2.75, 3.05) is 7.11 Å². The Morgan fingerprint density at radius 3 is 2.49 bits per heavy atom. The first-order valence-electron chi connectivity index (χ1n) is 11.6. The quantitative estimate of drug-likeness (QED) is 0.382. The smallest absolute Gasteiger partial charge is 0.244 e. The van der Waals surface area contributed by atoms with Crippen LogP contribution in [0.2, 0.25) is 0 Å². The zero-order valence-electron chi connectivity index (χ0n) is 21.1. The number of nitrogens with zero attached hydrogens (tertiary/aromatic N) is 5. The average molecular weight is 473 g/mol. The number of methoxy groups -OCH3 is 1. The van der Waals surface area contributed by atoms with E-state index in [-0.39, 0.29) is 11.9 Å². The molecule has 182 valence electrons. The van der Waals surface area contributed by atoms with Crippen LogP contribution in [0, 0.1) is 13.8 Å². The monoisotopic (exact) mass is 472 g/mol. The maximum absolute atomic E-state index is 13.0. The van der Waals surface area contributed by atoms with Crippen molar-refractivity contribution in [1.29, 1.82) is 0 Å². The van der Waals surface area contributed by atoms with Gasteiger partial charge in [-0.25, -0.2) is 9.67 Å². The van der Waals surface area contributed by atoms with Gasteiger partial charge in [-0.2, -0.15) is 5.10 Å². The molecule has 1 amide bonds. The molecule has 4 aromatic rings. The van der Waals surface area contributed by atoms with Crippen LogP contribution in [0.3, 0.4) is 0 Å². The molecule has 0 aliphatic rings. The summed E-state index contributed by atoms with van der Waals surface area (Å²) in [5.74, 6) is 2.31. The zero-order chi connectivity index (χ0) is 25.1. The topological polar surface area (TPSA) is 78.9 Å². The highest BCUT2D eigenvalue weighted by Crippen LogP contribution is 2.25. The van der Waals surface area contributed by atoms with Crippen molar-refractivity contribution in [3.63, 3.8) is 0 Å². The van der Waals surface area contributed by atoms with Crippen LogP contribution in [0.5, 0.6) is 5.75 Å². The number of amides is 1. The highest BCUT2D eigenvalue weighted by molar-refractivity contribution is 5.92. The van der Waals surface area contributed by atoms with Gasteiger partial charge in [-0.05, 0) is 63.1 Å². The van der Waals surface area contributed by atoms with Crippen LogP contribution in [-0.2, 0) is 11.8 Å². The molecule has 0 radical (unpaired) electrons. The van der Waals surface area contributed by atoms with Gasteiger partial charge in [0.2, 0.25) is 5.91 Å². The second-order valence-corrected chi connectivity index (χ2v) is 8.83. The molecule has 0 saturated heterocycles. The van der Waals surface area contributed by atoms with Crippen molar-refractivity contribution >= 4 is 12.0 Å². The van der Waals surface area contributed by atoms with Crippen LogP contribution in [-0.4, -0.2) is 36.9 Å². The lowest BCUT2D eigenvalue weighted by Gasteiger charge is -2.18. The van der Waals surface area contributed by atoms with Gasteiger partial charge in [-0.3, -0.25) is 4.79 Å². The number of aromatic nitrogens is 5. The Bertz CT molecular complexity index is 1340. The summed E-state index contributed by atoms with van der Waals surface area (Å²) in [5, 5.41) is 7.57. The third-order valence-electron chi connectivity index (χ3n) is 6.10. The fourth-order valence-electron chi connectivity index (χ4n) is 4.30. The van der Waals surface area contributed by atoms with Crippen molar-refractivity contribution in [2.24, 2.45) is 7.05 Å². The van der Waals surface area contributed by atoms with Gasteiger partial charge in [0, 0.05) is 49.0 Å². The number of carbonyl (C=O) groups excluding carboxylic acids is 1. The Kier molecular flexibility index (Phi) is 6.91. The minimum atomic E-state index is -0.397. The van der Waals surface area contributed by atoms with E-state index in [2.05, 4.69) is 53.7 Å². The molecule has 0 aliphatic heterocycles. The summed E-state index contributed by atoms with van der Waals surface area (Å²) < 4.78 is 11.3. The zero-order valence-corrected chi connectivity index (χ0v) is 21.1. The number of nitrogens with one attached hydrogen (secondary N) is 1. The van der Waals surface area contributed by atoms with E-state index in [1.807, 2.05) is 65.1 Å². The van der Waals surface area contributed by atoms with Crippen LogP contribution in [0.25, 0.3) is 11.9 Å². The van der Waals surface area contributed by atoms with E-state index >= 15 is 0 Å². The van der Waals surface area contributed by atoms with Gasteiger partial charge in [-0.15, -0.1) is 0 Å². The summed E-state index contributed by atoms with van der Waals surface area (Å²) >= 11 is 0. The van der Waals surface area contributed by atoms with Crippen LogP contribution in [0.4, 0.5) is 0 Å². The maximum Gasteiger partial charge on any atom is 0.244 e. The molecule has 1 unspecified atom stereocenters. The number of imidazole rings is 1. The number of hydrogen-bond acceptors (Lipinski definition) is 4. The SMILES string of the molecule is COc1ccc(C(NC(=O)/C=C/c2cc(C)n(-c3ccnn3C(C)C)c2C)c2nccn2C)cc1. The van der Waals surface area contributed by atoms with Gasteiger partial charge in [0.25, 0.3) is 0 Å². The summed E-state index contributed by atoms with van der Waals surface area (Å²) in [4.78, 5) is 17.5. The molecule has 8 heteroatoms. The Morgan fingerprint density at radius 1 is 1.11 bits per heavy atom. The molecule has 35 heavy (non-hydrogen) atoms. The molecule has 0 saturated carbocycles. The molecule has 0 bridgehead atoms. The number of benzene rings is 1. The predicted octanol–water partition coefficient (Wildman–Crippen LogP) is 4.53. The third kappa shape index (κ3) is 4.91. The van der Waals surface area contributed by atoms with Crippen molar-refractivity contribution in [3.05, 3.63) is 89.4 Å². The van der Waals surface area contributed by atoms with E-state index in [0.29, 0.717) is 0 Å². The first kappa shape index (κ1) is 24.1. The molecule has 3 aromatic heterocycles. The van der Waals surface area contributed by atoms with Gasteiger partial charge in [0.15, 0.2) is 0 Å². The largest absolute Gasteiger partial charge is 0.497 e. The average Bonchev–Trinajstić information content (AvgIpc) is 3.55. The molecular weight excluding hydrogens is 440 g/mol. The fraction of sp³-hybridized carbons (Fsp3) is 0.296. The Morgan fingerprint density at radius 2 is 1.86 bits per heavy atom. The molecule has 3 heterocycles. The van der Waals surface area contributed by atoms with E-state index < -0.39 is 6.04 Å². The second-order valence-electron chi connectivity index (χ2n) is 8.83. The molecule has 1 atom stereocenters. The standard InChI is InChI=1S/C27H32N6O2/c1-18(2)33-25(13-14-29-33)32-19(3)17-22(20(32)4)9-12-24(34)30-26(27-28-15-16-31(27)5)21-7-10-23(35-6)11-8-21/h7-18,26H,1-6H3,(H,30,34)/b12-9+. The minimum absolute atomic E-state index is 0.203. The number of hydrogen-bond donors (Lipinski definition) is 1. The lowest BCUT2D eigenvalue weighted by Crippen LogP contribution is -2.29. The van der Waals surface area contributed by atoms with Crippen LogP contribution < -0.4 is 10.1 Å². The van der Waals surface area contributed by atoms with Crippen LogP contribution in [0.1, 0.15) is 54.3 Å². The molecule has 0 spiro atoms. The van der Waals surface area contributed by atoms with E-state index in [0.717, 1.165) is 39.9 Å². The molecular formula is C27H32N6O2. The van der Waals surface area contributed by atoms with Crippen molar-refractivity contribution in [2.45, 2.75) is 39.8 Å². The number of carbonyl (C=O) groups is 1. The minimum Gasteiger partial charge on any atom is -0.497 e. The van der Waals surface area contributed by atoms with E-state index in [9.17, 15) is 4.79 Å². The number of rotatable bonds is 8. The molecule has 1 aromatic carbocycles. The summed E-state index contributed by atoms with van der Waals surface area (Å²) in [6.07, 6.45) is 8.84. The predicted molar refractivity (Wildman–Crippen MR) is 137 cm³/mol. The van der Waals surface area contributed by atoms with Crippen LogP contribution in [0.15, 0.2) is 61.1 Å². The summed E-state index contributed by atoms with van der Waals surface area (Å²) in [5.41, 5.74) is 4.02. The Labute approximate surface area is 205 Å². The first-order valence-corrected chi connectivity index (χ1v) is 11.6. The van der Waals surface area contributed by atoms with Crippen molar-refractivity contribution in [3.8, 4) is 11.6 Å². The Hall–Kier alpha value is -4.07. The lowest BCUT2D eigenvalue weighted by molar-refractivity contribution is -0.117. The highest BCUT2D eigenvalue weighted by atomic mass is 16.5. The number of aryl methyl sites for hydroxylation is 2. The fourth-order valence-corrected chi connectivity index (χ4v) is 4.30. The van der Waals surface area contributed by atoms with Crippen molar-refractivity contribution < 1.29 is 9.53 Å². The third-order valence-corrected chi connectivity index (χ3v) is 6.10. The Balaban J connectivity index is 1.59. The van der Waals surface area contributed by atoms with E-state index in [4.69, 9.17) is 4.74 Å². The van der Waals surface area contributed by atoms with E-state index in [1.54, 1.807) is 19.4 Å². The normalized spacial score (nSPS) is 12.4. The molecule has 8 nitrogen and oxygen atoms in total. The first-order chi connectivity index (χ1) is 16.8. The summed E-state index contributed by atoms with van der Waals surface area (Å²) in [7, 11) is 3.54. The lowest BCUT2D eigenvalue weighted by atomic mass is 10.1. The molecule has 1 N–H and O–H groups in total. The molecule has 0 fully saturated rings. The van der Waals surface area contributed by atoms with Gasteiger partial charge < -0.3 is 19.2 Å². The van der Waals surface area contributed by atoms with Gasteiger partial charge in [0.05, 0.1) is 13.3 Å². The molecule has 4 rings (SSSR count). The van der Waals surface area contributed by atoms with E-state index in [1.165, 1.54) is 0 Å². The van der Waals surface area contributed by atoms with Gasteiger partial charge in [0.1, 0.15) is 23.4 Å². The summed E-state index contributed by atoms with van der Waals surface area (Å²) in [6, 6.07) is 11.6. The van der Waals surface area contributed by atoms with Gasteiger partial charge in [-0.1, -0.05) is 12.1 Å². The second kappa shape index (κ2) is 10.0. The van der Waals surface area contributed by atoms with Crippen molar-refractivity contribution in [1.82, 2.24) is 29.2 Å². The number of ether oxygens (including phenoxy) is 1. The molecule has 0 aliphatic carbocycles. The highest BCUT2D eigenvalue weighted by Gasteiger charge is 2.20. The van der Waals surface area contributed by atoms with Gasteiger partial charge >= 0.3 is 0 Å². The summed E-state index contributed by atoms with van der Waals surface area (Å²) in [6.45, 7) is 8.33. The van der Waals surface area contributed by atoms with Crippen LogP contribution >= 0.6 is 0 Å². The maximum atomic E-state index is 13.0.